The molecule has 0 saturated heterocycles. The average Bonchev–Trinajstić information content (AvgIpc) is 2.53. The molecule has 0 aromatic carbocycles. The van der Waals surface area contributed by atoms with E-state index < -0.39 is 0 Å². The molecule has 4 nitrogen and oxygen atoms in total. The Morgan fingerprint density at radius 3 is 2.59 bits per heavy atom. The van der Waals surface area contributed by atoms with Crippen LogP contribution < -0.4 is 5.32 Å². The van der Waals surface area contributed by atoms with E-state index in [0.29, 0.717) is 6.04 Å². The van der Waals surface area contributed by atoms with Crippen LogP contribution in [0.1, 0.15) is 42.8 Å². The van der Waals surface area contributed by atoms with E-state index in [9.17, 15) is 0 Å². The maximum absolute atomic E-state index is 5.12. The molecule has 0 radical (unpaired) electrons. The molecular formula is C13H25N3O. The van der Waals surface area contributed by atoms with Gasteiger partial charge in [0.1, 0.15) is 0 Å². The zero-order valence-corrected chi connectivity index (χ0v) is 11.7. The summed E-state index contributed by atoms with van der Waals surface area (Å²) in [4.78, 5) is 0. The van der Waals surface area contributed by atoms with E-state index in [4.69, 9.17) is 4.74 Å². The molecule has 0 aliphatic rings. The molecule has 4 heteroatoms. The van der Waals surface area contributed by atoms with Gasteiger partial charge in [0.15, 0.2) is 0 Å². The molecule has 0 fully saturated rings. The highest BCUT2D eigenvalue weighted by molar-refractivity contribution is 5.28. The number of aromatic nitrogens is 2. The quantitative estimate of drug-likeness (QED) is 0.741. The van der Waals surface area contributed by atoms with Crippen molar-refractivity contribution in [1.29, 1.82) is 0 Å². The standard InChI is InChI=1S/C13H25N3O/c1-6-14-12(8-7-9-17-5)13-10(2)15-16(4)11(13)3/h12,14H,6-9H2,1-5H3. The molecule has 17 heavy (non-hydrogen) atoms. The van der Waals surface area contributed by atoms with Crippen LogP contribution in [0.3, 0.4) is 0 Å². The first-order chi connectivity index (χ1) is 8.11. The number of nitrogens with one attached hydrogen (secondary N) is 1. The van der Waals surface area contributed by atoms with E-state index in [1.165, 1.54) is 11.3 Å². The summed E-state index contributed by atoms with van der Waals surface area (Å²) in [7, 11) is 3.76. The van der Waals surface area contributed by atoms with Gasteiger partial charge >= 0.3 is 0 Å². The van der Waals surface area contributed by atoms with Crippen molar-refractivity contribution < 1.29 is 4.74 Å². The van der Waals surface area contributed by atoms with E-state index >= 15 is 0 Å². The van der Waals surface area contributed by atoms with Gasteiger partial charge in [-0.15, -0.1) is 0 Å². The summed E-state index contributed by atoms with van der Waals surface area (Å²) in [6, 6.07) is 0.392. The van der Waals surface area contributed by atoms with Gasteiger partial charge in [-0.25, -0.2) is 0 Å². The lowest BCUT2D eigenvalue weighted by molar-refractivity contribution is 0.189. The Morgan fingerprint density at radius 1 is 1.41 bits per heavy atom. The van der Waals surface area contributed by atoms with Crippen molar-refractivity contribution in [2.75, 3.05) is 20.3 Å². The lowest BCUT2D eigenvalue weighted by Crippen LogP contribution is -2.22. The van der Waals surface area contributed by atoms with Crippen LogP contribution >= 0.6 is 0 Å². The number of ether oxygens (including phenoxy) is 1. The molecule has 1 aromatic rings. The average molecular weight is 239 g/mol. The van der Waals surface area contributed by atoms with Gasteiger partial charge in [0.2, 0.25) is 0 Å². The molecule has 1 unspecified atom stereocenters. The summed E-state index contributed by atoms with van der Waals surface area (Å²) in [5.41, 5.74) is 3.74. The third kappa shape index (κ3) is 3.54. The summed E-state index contributed by atoms with van der Waals surface area (Å²) in [5.74, 6) is 0. The summed E-state index contributed by atoms with van der Waals surface area (Å²) in [6.45, 7) is 8.16. The summed E-state index contributed by atoms with van der Waals surface area (Å²) in [6.07, 6.45) is 2.16. The topological polar surface area (TPSA) is 39.1 Å². The minimum Gasteiger partial charge on any atom is -0.385 e. The highest BCUT2D eigenvalue weighted by Gasteiger charge is 2.18. The molecule has 0 spiro atoms. The first-order valence-electron chi connectivity index (χ1n) is 6.34. The van der Waals surface area contributed by atoms with Gasteiger partial charge in [-0.3, -0.25) is 4.68 Å². The molecule has 0 saturated carbocycles. The van der Waals surface area contributed by atoms with Gasteiger partial charge in [0.05, 0.1) is 5.69 Å². The molecule has 0 amide bonds. The molecule has 1 rings (SSSR count). The Labute approximate surface area is 104 Å². The van der Waals surface area contributed by atoms with Crippen LogP contribution in [0.2, 0.25) is 0 Å². The van der Waals surface area contributed by atoms with E-state index in [2.05, 4.69) is 31.2 Å². The highest BCUT2D eigenvalue weighted by atomic mass is 16.5. The zero-order valence-electron chi connectivity index (χ0n) is 11.7. The minimum atomic E-state index is 0.392. The summed E-state index contributed by atoms with van der Waals surface area (Å²) >= 11 is 0. The van der Waals surface area contributed by atoms with E-state index in [0.717, 1.165) is 31.7 Å². The van der Waals surface area contributed by atoms with Crippen molar-refractivity contribution in [3.8, 4) is 0 Å². The smallest absolute Gasteiger partial charge is 0.0644 e. The molecule has 0 aliphatic heterocycles. The molecule has 98 valence electrons. The predicted molar refractivity (Wildman–Crippen MR) is 70.2 cm³/mol. The van der Waals surface area contributed by atoms with Crippen molar-refractivity contribution in [3.05, 3.63) is 17.0 Å². The Hall–Kier alpha value is -0.870. The maximum atomic E-state index is 5.12. The van der Waals surface area contributed by atoms with Crippen molar-refractivity contribution in [1.82, 2.24) is 15.1 Å². The van der Waals surface area contributed by atoms with Crippen LogP contribution in [0.5, 0.6) is 0 Å². The predicted octanol–water partition coefficient (Wildman–Crippen LogP) is 2.11. The first kappa shape index (κ1) is 14.2. The van der Waals surface area contributed by atoms with E-state index in [1.807, 2.05) is 11.7 Å². The SMILES string of the molecule is CCNC(CCCOC)c1c(C)nn(C)c1C. The summed E-state index contributed by atoms with van der Waals surface area (Å²) in [5, 5.41) is 8.03. The fraction of sp³-hybridized carbons (Fsp3) is 0.769. The Balaban J connectivity index is 2.81. The largest absolute Gasteiger partial charge is 0.385 e. The molecule has 0 aliphatic carbocycles. The fourth-order valence-corrected chi connectivity index (χ4v) is 2.32. The fourth-order valence-electron chi connectivity index (χ4n) is 2.32. The monoisotopic (exact) mass is 239 g/mol. The van der Waals surface area contributed by atoms with Gasteiger partial charge in [0, 0.05) is 38.1 Å². The number of aryl methyl sites for hydroxylation is 2. The second kappa shape index (κ2) is 6.77. The van der Waals surface area contributed by atoms with Crippen molar-refractivity contribution >= 4 is 0 Å². The third-order valence-electron chi connectivity index (χ3n) is 3.21. The zero-order chi connectivity index (χ0) is 12.8. The van der Waals surface area contributed by atoms with Gasteiger partial charge in [-0.1, -0.05) is 6.92 Å². The highest BCUT2D eigenvalue weighted by Crippen LogP contribution is 2.24. The molecule has 1 atom stereocenters. The lowest BCUT2D eigenvalue weighted by Gasteiger charge is -2.18. The van der Waals surface area contributed by atoms with Gasteiger partial charge in [0.25, 0.3) is 0 Å². The first-order valence-corrected chi connectivity index (χ1v) is 6.34. The van der Waals surface area contributed by atoms with Crippen LogP contribution in [0, 0.1) is 13.8 Å². The summed E-state index contributed by atoms with van der Waals surface area (Å²) < 4.78 is 7.09. The van der Waals surface area contributed by atoms with Crippen LogP contribution in [0.25, 0.3) is 0 Å². The van der Waals surface area contributed by atoms with E-state index in [-0.39, 0.29) is 0 Å². The van der Waals surface area contributed by atoms with Crippen molar-refractivity contribution in [2.45, 2.75) is 39.7 Å². The van der Waals surface area contributed by atoms with Crippen LogP contribution in [-0.4, -0.2) is 30.0 Å². The Kier molecular flexibility index (Phi) is 5.65. The maximum Gasteiger partial charge on any atom is 0.0644 e. The number of hydrogen-bond acceptors (Lipinski definition) is 3. The molecular weight excluding hydrogens is 214 g/mol. The number of rotatable bonds is 7. The Morgan fingerprint density at radius 2 is 2.12 bits per heavy atom. The minimum absolute atomic E-state index is 0.392. The third-order valence-corrected chi connectivity index (χ3v) is 3.21. The normalized spacial score (nSPS) is 13.0. The van der Waals surface area contributed by atoms with Crippen LogP contribution in [0.4, 0.5) is 0 Å². The van der Waals surface area contributed by atoms with Crippen molar-refractivity contribution in [2.24, 2.45) is 7.05 Å². The molecule has 1 aromatic heterocycles. The van der Waals surface area contributed by atoms with Crippen molar-refractivity contribution in [3.63, 3.8) is 0 Å². The molecule has 0 bridgehead atoms. The molecule has 1 N–H and O–H groups in total. The number of methoxy groups -OCH3 is 1. The van der Waals surface area contributed by atoms with Crippen LogP contribution in [-0.2, 0) is 11.8 Å². The van der Waals surface area contributed by atoms with Gasteiger partial charge < -0.3 is 10.1 Å². The number of hydrogen-bond donors (Lipinski definition) is 1. The lowest BCUT2D eigenvalue weighted by atomic mass is 10.00. The molecule has 1 heterocycles. The number of nitrogens with zero attached hydrogens (tertiary/aromatic N) is 2. The van der Waals surface area contributed by atoms with Gasteiger partial charge in [-0.05, 0) is 33.2 Å². The van der Waals surface area contributed by atoms with E-state index in [1.54, 1.807) is 7.11 Å². The second-order valence-electron chi connectivity index (χ2n) is 4.45. The van der Waals surface area contributed by atoms with Gasteiger partial charge in [-0.2, -0.15) is 5.10 Å². The second-order valence-corrected chi connectivity index (χ2v) is 4.45. The Bertz CT molecular complexity index is 347. The van der Waals surface area contributed by atoms with Crippen LogP contribution in [0.15, 0.2) is 0 Å².